The molecular formula is C16H15N3O2. The summed E-state index contributed by atoms with van der Waals surface area (Å²) in [6, 6.07) is 15.7. The zero-order valence-corrected chi connectivity index (χ0v) is 11.3. The van der Waals surface area contributed by atoms with Gasteiger partial charge in [-0.05, 0) is 17.7 Å². The molecule has 5 heteroatoms. The van der Waals surface area contributed by atoms with Gasteiger partial charge in [-0.2, -0.15) is 5.10 Å². The number of amides is 2. The van der Waals surface area contributed by atoms with Crippen LogP contribution in [-0.2, 0) is 0 Å². The molecule has 0 bridgehead atoms. The molecule has 5 nitrogen and oxygen atoms in total. The second-order valence-corrected chi connectivity index (χ2v) is 4.88. The van der Waals surface area contributed by atoms with Gasteiger partial charge in [0.15, 0.2) is 0 Å². The second-order valence-electron chi connectivity index (χ2n) is 4.88. The molecular weight excluding hydrogens is 266 g/mol. The van der Waals surface area contributed by atoms with Crippen molar-refractivity contribution in [2.45, 2.75) is 12.5 Å². The first-order valence-electron chi connectivity index (χ1n) is 6.66. The lowest BCUT2D eigenvalue weighted by molar-refractivity contribution is 0.196. The standard InChI is InChI=1S/C16H15N3O2/c17-16(21)19-14(11-6-2-1-3-7-11)10-13(18-19)12-8-4-5-9-15(12)20/h1-9,14,20H,10H2,(H2,17,21). The topological polar surface area (TPSA) is 78.9 Å². The van der Waals surface area contributed by atoms with Crippen molar-refractivity contribution >= 4 is 11.7 Å². The Balaban J connectivity index is 1.98. The van der Waals surface area contributed by atoms with Gasteiger partial charge in [-0.25, -0.2) is 9.80 Å². The van der Waals surface area contributed by atoms with E-state index in [1.165, 1.54) is 5.01 Å². The molecule has 106 valence electrons. The third kappa shape index (κ3) is 2.45. The molecule has 0 fully saturated rings. The molecule has 1 heterocycles. The van der Waals surface area contributed by atoms with Crippen LogP contribution >= 0.6 is 0 Å². The fraction of sp³-hybridized carbons (Fsp3) is 0.125. The monoisotopic (exact) mass is 281 g/mol. The maximum absolute atomic E-state index is 11.6. The number of hydrogen-bond acceptors (Lipinski definition) is 3. The lowest BCUT2D eigenvalue weighted by Gasteiger charge is -2.19. The Bertz CT molecular complexity index is 698. The van der Waals surface area contributed by atoms with Crippen molar-refractivity contribution in [3.63, 3.8) is 0 Å². The van der Waals surface area contributed by atoms with E-state index in [4.69, 9.17) is 5.73 Å². The number of primary amides is 1. The van der Waals surface area contributed by atoms with Crippen molar-refractivity contribution in [3.05, 3.63) is 65.7 Å². The zero-order chi connectivity index (χ0) is 14.8. The van der Waals surface area contributed by atoms with Gasteiger partial charge in [-0.3, -0.25) is 0 Å². The van der Waals surface area contributed by atoms with E-state index in [1.807, 2.05) is 36.4 Å². The molecule has 0 aliphatic carbocycles. The highest BCUT2D eigenvalue weighted by Crippen LogP contribution is 2.34. The minimum Gasteiger partial charge on any atom is -0.507 e. The summed E-state index contributed by atoms with van der Waals surface area (Å²) in [5, 5.41) is 15.5. The van der Waals surface area contributed by atoms with Crippen LogP contribution in [0.15, 0.2) is 59.7 Å². The summed E-state index contributed by atoms with van der Waals surface area (Å²) in [4.78, 5) is 11.6. The van der Waals surface area contributed by atoms with Crippen LogP contribution in [0.25, 0.3) is 0 Å². The molecule has 1 atom stereocenters. The van der Waals surface area contributed by atoms with Gasteiger partial charge in [-0.1, -0.05) is 42.5 Å². The van der Waals surface area contributed by atoms with Crippen LogP contribution in [0.1, 0.15) is 23.6 Å². The van der Waals surface area contributed by atoms with E-state index >= 15 is 0 Å². The third-order valence-electron chi connectivity index (χ3n) is 3.54. The largest absolute Gasteiger partial charge is 0.507 e. The number of rotatable bonds is 2. The van der Waals surface area contributed by atoms with Crippen LogP contribution < -0.4 is 5.73 Å². The van der Waals surface area contributed by atoms with Crippen molar-refractivity contribution in [1.82, 2.24) is 5.01 Å². The quantitative estimate of drug-likeness (QED) is 0.887. The van der Waals surface area contributed by atoms with Gasteiger partial charge in [0, 0.05) is 12.0 Å². The fourth-order valence-corrected chi connectivity index (χ4v) is 2.53. The van der Waals surface area contributed by atoms with Gasteiger partial charge >= 0.3 is 6.03 Å². The number of urea groups is 1. The van der Waals surface area contributed by atoms with Gasteiger partial charge in [0.1, 0.15) is 5.75 Å². The van der Waals surface area contributed by atoms with Crippen LogP contribution in [0.2, 0.25) is 0 Å². The Labute approximate surface area is 122 Å². The van der Waals surface area contributed by atoms with E-state index in [0.29, 0.717) is 17.7 Å². The molecule has 1 aliphatic rings. The van der Waals surface area contributed by atoms with Crippen molar-refractivity contribution in [2.75, 3.05) is 0 Å². The van der Waals surface area contributed by atoms with E-state index in [9.17, 15) is 9.90 Å². The Kier molecular flexibility index (Phi) is 3.31. The van der Waals surface area contributed by atoms with Gasteiger partial charge in [0.2, 0.25) is 0 Å². The average molecular weight is 281 g/mol. The summed E-state index contributed by atoms with van der Waals surface area (Å²) in [6.45, 7) is 0. The smallest absolute Gasteiger partial charge is 0.335 e. The molecule has 2 aromatic rings. The lowest BCUT2D eigenvalue weighted by atomic mass is 9.98. The minimum absolute atomic E-state index is 0.148. The summed E-state index contributed by atoms with van der Waals surface area (Å²) in [5.41, 5.74) is 7.67. The molecule has 0 spiro atoms. The maximum Gasteiger partial charge on any atom is 0.335 e. The normalized spacial score (nSPS) is 17.6. The molecule has 21 heavy (non-hydrogen) atoms. The number of benzene rings is 2. The minimum atomic E-state index is -0.603. The lowest BCUT2D eigenvalue weighted by Crippen LogP contribution is -2.31. The van der Waals surface area contributed by atoms with E-state index < -0.39 is 6.03 Å². The van der Waals surface area contributed by atoms with Gasteiger partial charge in [-0.15, -0.1) is 0 Å². The molecule has 2 amide bonds. The summed E-state index contributed by atoms with van der Waals surface area (Å²) in [7, 11) is 0. The Morgan fingerprint density at radius 3 is 2.48 bits per heavy atom. The fourth-order valence-electron chi connectivity index (χ4n) is 2.53. The number of nitrogens with zero attached hydrogens (tertiary/aromatic N) is 2. The average Bonchev–Trinajstić information content (AvgIpc) is 2.94. The van der Waals surface area contributed by atoms with Gasteiger partial charge in [0.25, 0.3) is 0 Å². The second kappa shape index (κ2) is 5.28. The molecule has 0 radical (unpaired) electrons. The van der Waals surface area contributed by atoms with Crippen molar-refractivity contribution in [1.29, 1.82) is 0 Å². The van der Waals surface area contributed by atoms with Crippen LogP contribution in [0, 0.1) is 0 Å². The van der Waals surface area contributed by atoms with Crippen molar-refractivity contribution in [2.24, 2.45) is 10.8 Å². The number of hydrogen-bond donors (Lipinski definition) is 2. The number of para-hydroxylation sites is 1. The summed E-state index contributed by atoms with van der Waals surface area (Å²) >= 11 is 0. The van der Waals surface area contributed by atoms with Gasteiger partial charge < -0.3 is 10.8 Å². The first kappa shape index (κ1) is 13.2. The molecule has 1 aliphatic heterocycles. The van der Waals surface area contributed by atoms with Crippen LogP contribution in [0.5, 0.6) is 5.75 Å². The number of aromatic hydroxyl groups is 1. The number of carbonyl (C=O) groups excluding carboxylic acids is 1. The molecule has 3 rings (SSSR count). The van der Waals surface area contributed by atoms with Crippen molar-refractivity contribution in [3.8, 4) is 5.75 Å². The number of nitrogens with two attached hydrogens (primary N) is 1. The van der Waals surface area contributed by atoms with Crippen molar-refractivity contribution < 1.29 is 9.90 Å². The number of phenols is 1. The Morgan fingerprint density at radius 2 is 1.81 bits per heavy atom. The predicted octanol–water partition coefficient (Wildman–Crippen LogP) is 2.62. The molecule has 2 aromatic carbocycles. The molecule has 0 aromatic heterocycles. The van der Waals surface area contributed by atoms with E-state index in [0.717, 1.165) is 5.56 Å². The molecule has 0 saturated heterocycles. The maximum atomic E-state index is 11.6. The van der Waals surface area contributed by atoms with Gasteiger partial charge in [0.05, 0.1) is 11.8 Å². The van der Waals surface area contributed by atoms with Crippen LogP contribution in [0.4, 0.5) is 4.79 Å². The highest BCUT2D eigenvalue weighted by atomic mass is 16.3. The summed E-state index contributed by atoms with van der Waals surface area (Å²) < 4.78 is 0. The Hall–Kier alpha value is -2.82. The highest BCUT2D eigenvalue weighted by molar-refractivity contribution is 6.04. The number of carbonyl (C=O) groups is 1. The molecule has 0 saturated carbocycles. The van der Waals surface area contributed by atoms with E-state index in [1.54, 1.807) is 18.2 Å². The van der Waals surface area contributed by atoms with Crippen LogP contribution in [0.3, 0.4) is 0 Å². The SMILES string of the molecule is NC(=O)N1N=C(c2ccccc2O)CC1c1ccccc1. The first-order chi connectivity index (χ1) is 10.2. The number of hydrazone groups is 1. The summed E-state index contributed by atoms with van der Waals surface area (Å²) in [5.74, 6) is 0.148. The number of phenolic OH excluding ortho intramolecular Hbond substituents is 1. The first-order valence-corrected chi connectivity index (χ1v) is 6.66. The summed E-state index contributed by atoms with van der Waals surface area (Å²) in [6.07, 6.45) is 0.518. The highest BCUT2D eigenvalue weighted by Gasteiger charge is 2.32. The van der Waals surface area contributed by atoms with E-state index in [-0.39, 0.29) is 11.8 Å². The van der Waals surface area contributed by atoms with Crippen LogP contribution in [-0.4, -0.2) is 21.9 Å². The van der Waals surface area contributed by atoms with E-state index in [2.05, 4.69) is 5.10 Å². The predicted molar refractivity (Wildman–Crippen MR) is 79.9 cm³/mol. The zero-order valence-electron chi connectivity index (χ0n) is 11.3. The molecule has 3 N–H and O–H groups in total. The third-order valence-corrected chi connectivity index (χ3v) is 3.54. The molecule has 1 unspecified atom stereocenters. The Morgan fingerprint density at radius 1 is 1.14 bits per heavy atom.